The predicted octanol–water partition coefficient (Wildman–Crippen LogP) is 1.26. The summed E-state index contributed by atoms with van der Waals surface area (Å²) in [6, 6.07) is 3.41. The molecule has 0 aliphatic carbocycles. The van der Waals surface area contributed by atoms with Crippen LogP contribution in [-0.2, 0) is 4.79 Å². The van der Waals surface area contributed by atoms with Gasteiger partial charge in [-0.2, -0.15) is 0 Å². The Morgan fingerprint density at radius 3 is 3.00 bits per heavy atom. The van der Waals surface area contributed by atoms with Gasteiger partial charge in [0.1, 0.15) is 12.1 Å². The molecule has 2 aromatic heterocycles. The topological polar surface area (TPSA) is 80.1 Å². The Bertz CT molecular complexity index is 714. The average molecular weight is 327 g/mol. The normalized spacial score (nSPS) is 15.5. The van der Waals surface area contributed by atoms with Crippen molar-refractivity contribution in [3.8, 4) is 5.82 Å². The first-order chi connectivity index (χ1) is 11.6. The zero-order chi connectivity index (χ0) is 16.9. The maximum absolute atomic E-state index is 12.3. The molecule has 0 spiro atoms. The Labute approximate surface area is 140 Å². The molecule has 1 N–H and O–H groups in total. The molecule has 1 saturated heterocycles. The number of nitrogens with one attached hydrogen (secondary N) is 1. The molecule has 1 fully saturated rings. The molecule has 7 heteroatoms. The lowest BCUT2D eigenvalue weighted by atomic mass is 10.1. The summed E-state index contributed by atoms with van der Waals surface area (Å²) in [5.74, 6) is 0.937. The first-order valence-electron chi connectivity index (χ1n) is 8.14. The van der Waals surface area contributed by atoms with Crippen LogP contribution in [0.2, 0.25) is 0 Å². The third kappa shape index (κ3) is 3.79. The van der Waals surface area contributed by atoms with Gasteiger partial charge in [-0.15, -0.1) is 0 Å². The van der Waals surface area contributed by atoms with Crippen molar-refractivity contribution in [1.82, 2.24) is 24.8 Å². The highest BCUT2D eigenvalue weighted by Gasteiger charge is 2.22. The molecular weight excluding hydrogens is 306 g/mol. The maximum atomic E-state index is 12.3. The number of amides is 2. The smallest absolute Gasteiger partial charge is 0.251 e. The van der Waals surface area contributed by atoms with Gasteiger partial charge in [0.15, 0.2) is 0 Å². The van der Waals surface area contributed by atoms with Crippen LogP contribution in [0.3, 0.4) is 0 Å². The molecule has 1 aliphatic heterocycles. The van der Waals surface area contributed by atoms with Crippen LogP contribution in [0.5, 0.6) is 0 Å². The van der Waals surface area contributed by atoms with Gasteiger partial charge in [-0.25, -0.2) is 9.97 Å². The van der Waals surface area contributed by atoms with Crippen LogP contribution in [0.15, 0.2) is 37.1 Å². The molecule has 1 aliphatic rings. The number of imidazole rings is 1. The molecule has 0 aromatic carbocycles. The lowest BCUT2D eigenvalue weighted by molar-refractivity contribution is -0.128. The predicted molar refractivity (Wildman–Crippen MR) is 88.7 cm³/mol. The molecular formula is C17H21N5O2. The molecule has 0 unspecified atom stereocenters. The van der Waals surface area contributed by atoms with E-state index in [1.54, 1.807) is 41.6 Å². The number of likely N-dealkylation sites (tertiary alicyclic amines) is 1. The van der Waals surface area contributed by atoms with Gasteiger partial charge in [0.05, 0.1) is 0 Å². The monoisotopic (exact) mass is 327 g/mol. The molecule has 126 valence electrons. The third-order valence-corrected chi connectivity index (χ3v) is 4.09. The summed E-state index contributed by atoms with van der Waals surface area (Å²) in [4.78, 5) is 34.1. The van der Waals surface area contributed by atoms with Gasteiger partial charge in [0.2, 0.25) is 5.91 Å². The SMILES string of the molecule is C[C@@H](CNC(=O)c1ccnc(-n2ccnc2)c1)CN1CCCC1=O. The number of rotatable bonds is 6. The van der Waals surface area contributed by atoms with Gasteiger partial charge in [0.25, 0.3) is 5.91 Å². The number of carbonyl (C=O) groups excluding carboxylic acids is 2. The van der Waals surface area contributed by atoms with Crippen LogP contribution in [0.4, 0.5) is 0 Å². The molecule has 1 atom stereocenters. The zero-order valence-electron chi connectivity index (χ0n) is 13.7. The molecule has 3 rings (SSSR count). The summed E-state index contributed by atoms with van der Waals surface area (Å²) < 4.78 is 1.75. The highest BCUT2D eigenvalue weighted by Crippen LogP contribution is 2.12. The Hall–Kier alpha value is -2.70. The first-order valence-corrected chi connectivity index (χ1v) is 8.14. The van der Waals surface area contributed by atoms with Crippen LogP contribution in [-0.4, -0.2) is 50.9 Å². The van der Waals surface area contributed by atoms with Gasteiger partial charge in [-0.3, -0.25) is 14.2 Å². The minimum absolute atomic E-state index is 0.140. The van der Waals surface area contributed by atoms with Gasteiger partial charge in [0, 0.05) is 50.2 Å². The van der Waals surface area contributed by atoms with Crippen LogP contribution in [0.1, 0.15) is 30.1 Å². The Kier molecular flexibility index (Phi) is 4.88. The quantitative estimate of drug-likeness (QED) is 0.866. The van der Waals surface area contributed by atoms with Crippen molar-refractivity contribution in [1.29, 1.82) is 0 Å². The van der Waals surface area contributed by atoms with Crippen molar-refractivity contribution < 1.29 is 9.59 Å². The maximum Gasteiger partial charge on any atom is 0.251 e. The summed E-state index contributed by atoms with van der Waals surface area (Å²) in [7, 11) is 0. The van der Waals surface area contributed by atoms with E-state index in [-0.39, 0.29) is 17.7 Å². The molecule has 7 nitrogen and oxygen atoms in total. The largest absolute Gasteiger partial charge is 0.352 e. The van der Waals surface area contributed by atoms with Crippen molar-refractivity contribution >= 4 is 11.8 Å². The molecule has 3 heterocycles. The highest BCUT2D eigenvalue weighted by atomic mass is 16.2. The van der Waals surface area contributed by atoms with E-state index in [2.05, 4.69) is 15.3 Å². The second-order valence-electron chi connectivity index (χ2n) is 6.13. The number of hydrogen-bond donors (Lipinski definition) is 1. The Morgan fingerprint density at radius 2 is 2.29 bits per heavy atom. The van der Waals surface area contributed by atoms with Crippen LogP contribution in [0.25, 0.3) is 5.82 Å². The molecule has 0 bridgehead atoms. The van der Waals surface area contributed by atoms with Crippen LogP contribution in [0, 0.1) is 5.92 Å². The summed E-state index contributed by atoms with van der Waals surface area (Å²) in [5.41, 5.74) is 0.554. The van der Waals surface area contributed by atoms with Crippen molar-refractivity contribution in [2.45, 2.75) is 19.8 Å². The highest BCUT2D eigenvalue weighted by molar-refractivity contribution is 5.94. The summed E-state index contributed by atoms with van der Waals surface area (Å²) in [6.07, 6.45) is 8.27. The fraction of sp³-hybridized carbons (Fsp3) is 0.412. The molecule has 24 heavy (non-hydrogen) atoms. The van der Waals surface area contributed by atoms with Gasteiger partial charge < -0.3 is 10.2 Å². The van der Waals surface area contributed by atoms with Gasteiger partial charge >= 0.3 is 0 Å². The lowest BCUT2D eigenvalue weighted by Crippen LogP contribution is -2.36. The summed E-state index contributed by atoms with van der Waals surface area (Å²) in [6.45, 7) is 4.09. The Morgan fingerprint density at radius 1 is 1.42 bits per heavy atom. The van der Waals surface area contributed by atoms with Crippen molar-refractivity contribution in [2.75, 3.05) is 19.6 Å². The standard InChI is InChI=1S/C17H21N5O2/c1-13(11-21-7-2-3-16(21)23)10-20-17(24)14-4-5-19-15(9-14)22-8-6-18-12-22/h4-6,8-9,12-13H,2-3,7,10-11H2,1H3,(H,20,24)/t13-/m0/s1. The molecule has 2 amide bonds. The van der Waals surface area contributed by atoms with E-state index in [9.17, 15) is 9.59 Å². The third-order valence-electron chi connectivity index (χ3n) is 4.09. The van der Waals surface area contributed by atoms with E-state index in [1.807, 2.05) is 11.8 Å². The van der Waals surface area contributed by atoms with Gasteiger partial charge in [-0.05, 0) is 24.5 Å². The molecule has 2 aromatic rings. The van der Waals surface area contributed by atoms with E-state index in [0.717, 1.165) is 13.0 Å². The number of hydrogen-bond acceptors (Lipinski definition) is 4. The minimum atomic E-state index is -0.140. The van der Waals surface area contributed by atoms with Gasteiger partial charge in [-0.1, -0.05) is 6.92 Å². The van der Waals surface area contributed by atoms with E-state index < -0.39 is 0 Å². The number of pyridine rings is 1. The molecule has 0 saturated carbocycles. The van der Waals surface area contributed by atoms with Crippen molar-refractivity contribution in [3.63, 3.8) is 0 Å². The fourth-order valence-electron chi connectivity index (χ4n) is 2.80. The number of aromatic nitrogens is 3. The zero-order valence-corrected chi connectivity index (χ0v) is 13.7. The van der Waals surface area contributed by atoms with Crippen LogP contribution >= 0.6 is 0 Å². The van der Waals surface area contributed by atoms with E-state index >= 15 is 0 Å². The molecule has 0 radical (unpaired) electrons. The fourth-order valence-corrected chi connectivity index (χ4v) is 2.80. The van der Waals surface area contributed by atoms with E-state index in [4.69, 9.17) is 0 Å². The summed E-state index contributed by atoms with van der Waals surface area (Å²) in [5, 5.41) is 2.93. The lowest BCUT2D eigenvalue weighted by Gasteiger charge is -2.21. The summed E-state index contributed by atoms with van der Waals surface area (Å²) >= 11 is 0. The van der Waals surface area contributed by atoms with E-state index in [0.29, 0.717) is 30.9 Å². The number of nitrogens with zero attached hydrogens (tertiary/aromatic N) is 4. The average Bonchev–Trinajstić information content (AvgIpc) is 3.25. The first kappa shape index (κ1) is 16.2. The van der Waals surface area contributed by atoms with Crippen molar-refractivity contribution in [3.05, 3.63) is 42.6 Å². The second kappa shape index (κ2) is 7.25. The van der Waals surface area contributed by atoms with E-state index in [1.165, 1.54) is 0 Å². The Balaban J connectivity index is 1.55. The second-order valence-corrected chi connectivity index (χ2v) is 6.13. The van der Waals surface area contributed by atoms with Crippen molar-refractivity contribution in [2.24, 2.45) is 5.92 Å². The van der Waals surface area contributed by atoms with Crippen LogP contribution < -0.4 is 5.32 Å². The minimum Gasteiger partial charge on any atom is -0.352 e. The number of carbonyl (C=O) groups is 2.